The van der Waals surface area contributed by atoms with Gasteiger partial charge >= 0.3 is 35.8 Å². The first kappa shape index (κ1) is 52.7. The van der Waals surface area contributed by atoms with Crippen LogP contribution in [0.5, 0.6) is 28.7 Å². The minimum absolute atomic E-state index is 0.0672. The average molecular weight is 1030 g/mol. The summed E-state index contributed by atoms with van der Waals surface area (Å²) in [7, 11) is 0. The van der Waals surface area contributed by atoms with Gasteiger partial charge in [0.05, 0.1) is 36.9 Å². The molecule has 2 aliphatic rings. The Morgan fingerprint density at radius 3 is 1.68 bits per heavy atom. The second kappa shape index (κ2) is 24.9. The molecule has 0 saturated heterocycles. The van der Waals surface area contributed by atoms with Gasteiger partial charge in [-0.25, -0.2) is 14.6 Å². The Hall–Kier alpha value is -7.59. The maximum atomic E-state index is 13.8. The molecule has 0 unspecified atom stereocenters. The molecule has 2 saturated carbocycles. The lowest BCUT2D eigenvalue weighted by Gasteiger charge is -2.26. The third-order valence-corrected chi connectivity index (χ3v) is 14.4. The van der Waals surface area contributed by atoms with E-state index in [1.54, 1.807) is 60.7 Å². The topological polar surface area (TPSA) is 193 Å². The molecule has 0 spiro atoms. The van der Waals surface area contributed by atoms with Crippen molar-refractivity contribution < 1.29 is 66.3 Å². The van der Waals surface area contributed by atoms with Crippen LogP contribution in [0, 0.1) is 37.5 Å². The molecule has 386 valence electrons. The van der Waals surface area contributed by atoms with Crippen LogP contribution >= 0.6 is 11.3 Å². The van der Waals surface area contributed by atoms with Gasteiger partial charge < -0.3 is 37.6 Å². The van der Waals surface area contributed by atoms with Crippen molar-refractivity contribution in [3.63, 3.8) is 0 Å². The van der Waals surface area contributed by atoms with Crippen molar-refractivity contribution in [3.05, 3.63) is 121 Å². The molecule has 2 aromatic heterocycles. The van der Waals surface area contributed by atoms with Gasteiger partial charge in [-0.1, -0.05) is 31.4 Å². The van der Waals surface area contributed by atoms with Gasteiger partial charge in [0.2, 0.25) is 0 Å². The predicted octanol–water partition coefficient (Wildman–Crippen LogP) is 11.9. The number of carbonyl (C=O) groups excluding carboxylic acids is 6. The molecular formula is C58H59NO14S. The minimum Gasteiger partial charge on any atom is -0.494 e. The third-order valence-electron chi connectivity index (χ3n) is 13.3. The van der Waals surface area contributed by atoms with Crippen LogP contribution in [-0.4, -0.2) is 54.0 Å². The van der Waals surface area contributed by atoms with Crippen LogP contribution in [0.15, 0.2) is 109 Å². The molecule has 4 aromatic carbocycles. The minimum atomic E-state index is -0.531. The van der Waals surface area contributed by atoms with Crippen LogP contribution in [0.2, 0.25) is 0 Å². The maximum Gasteiger partial charge on any atom is 0.330 e. The van der Waals surface area contributed by atoms with E-state index in [-0.39, 0.29) is 36.0 Å². The Labute approximate surface area is 432 Å². The Morgan fingerprint density at radius 2 is 1.09 bits per heavy atom. The first-order valence-corrected chi connectivity index (χ1v) is 25.9. The largest absolute Gasteiger partial charge is 0.494 e. The number of esters is 6. The van der Waals surface area contributed by atoms with Crippen LogP contribution in [0.1, 0.15) is 93.7 Å². The SMILES string of the molecule is C=CC(=O)OCCCCCCOc1ccc(OC(=O)C2CCC(C(=O)Oc3ccc(OC(=O)C4CCC(C(=O)Oc5ccc(COC(=O)C=C)cc5)CC4)c4sc(-c5cc6c(C)cc(C)cc6o5)nc34)CC2)cc1. The lowest BCUT2D eigenvalue weighted by atomic mass is 9.82. The van der Waals surface area contributed by atoms with Crippen LogP contribution in [0.25, 0.3) is 32.0 Å². The summed E-state index contributed by atoms with van der Waals surface area (Å²) in [6, 6.07) is 22.8. The van der Waals surface area contributed by atoms with Crippen molar-refractivity contribution in [2.24, 2.45) is 23.7 Å². The molecular weight excluding hydrogens is 967 g/mol. The average Bonchev–Trinajstić information content (AvgIpc) is 4.07. The number of hydrogen-bond donors (Lipinski definition) is 0. The summed E-state index contributed by atoms with van der Waals surface area (Å²) in [5, 5.41) is 1.45. The second-order valence-electron chi connectivity index (χ2n) is 18.7. The van der Waals surface area contributed by atoms with Crippen LogP contribution < -0.4 is 23.7 Å². The predicted molar refractivity (Wildman–Crippen MR) is 276 cm³/mol. The van der Waals surface area contributed by atoms with Gasteiger partial charge in [0.1, 0.15) is 39.7 Å². The molecule has 8 rings (SSSR count). The summed E-state index contributed by atoms with van der Waals surface area (Å²) in [5.41, 5.74) is 3.88. The molecule has 0 radical (unpaired) electrons. The molecule has 74 heavy (non-hydrogen) atoms. The van der Waals surface area contributed by atoms with Crippen LogP contribution in [0.4, 0.5) is 0 Å². The van der Waals surface area contributed by atoms with E-state index < -0.39 is 41.6 Å². The quantitative estimate of drug-likeness (QED) is 0.0286. The van der Waals surface area contributed by atoms with Crippen molar-refractivity contribution in [3.8, 4) is 39.5 Å². The summed E-state index contributed by atoms with van der Waals surface area (Å²) in [4.78, 5) is 81.4. The molecule has 2 fully saturated rings. The van der Waals surface area contributed by atoms with E-state index in [0.717, 1.165) is 59.9 Å². The Morgan fingerprint density at radius 1 is 0.595 bits per heavy atom. The number of carbonyl (C=O) groups is 6. The van der Waals surface area contributed by atoms with E-state index in [1.165, 1.54) is 11.3 Å². The van der Waals surface area contributed by atoms with Crippen molar-refractivity contribution in [2.75, 3.05) is 13.2 Å². The zero-order valence-electron chi connectivity index (χ0n) is 41.6. The van der Waals surface area contributed by atoms with Gasteiger partial charge in [0.15, 0.2) is 22.3 Å². The smallest absolute Gasteiger partial charge is 0.330 e. The number of aryl methyl sites for hydroxylation is 2. The van der Waals surface area contributed by atoms with E-state index in [0.29, 0.717) is 108 Å². The van der Waals surface area contributed by atoms with E-state index in [2.05, 4.69) is 19.2 Å². The fourth-order valence-electron chi connectivity index (χ4n) is 9.18. The van der Waals surface area contributed by atoms with E-state index >= 15 is 0 Å². The van der Waals surface area contributed by atoms with Crippen LogP contribution in [-0.2, 0) is 44.8 Å². The van der Waals surface area contributed by atoms with Gasteiger partial charge in [0.25, 0.3) is 0 Å². The Bertz CT molecular complexity index is 3010. The number of hydrogen-bond acceptors (Lipinski definition) is 16. The number of nitrogens with zero attached hydrogens (tertiary/aromatic N) is 1. The Balaban J connectivity index is 0.857. The fourth-order valence-corrected chi connectivity index (χ4v) is 10.2. The summed E-state index contributed by atoms with van der Waals surface area (Å²) in [6.45, 7) is 11.7. The van der Waals surface area contributed by atoms with Gasteiger partial charge in [0, 0.05) is 17.5 Å². The highest BCUT2D eigenvalue weighted by atomic mass is 32.1. The van der Waals surface area contributed by atoms with E-state index in [1.807, 2.05) is 26.0 Å². The first-order valence-electron chi connectivity index (χ1n) is 25.1. The number of fused-ring (bicyclic) bond motifs is 2. The van der Waals surface area contributed by atoms with Gasteiger partial charge in [-0.3, -0.25) is 19.2 Å². The molecule has 0 N–H and O–H groups in total. The third kappa shape index (κ3) is 13.7. The number of rotatable bonds is 21. The van der Waals surface area contributed by atoms with E-state index in [4.69, 9.17) is 42.6 Å². The fraction of sp³-hybridized carbons (Fsp3) is 0.362. The van der Waals surface area contributed by atoms with Gasteiger partial charge in [-0.2, -0.15) is 0 Å². The molecule has 6 aromatic rings. The molecule has 0 aliphatic heterocycles. The number of aromatic nitrogens is 1. The molecule has 0 amide bonds. The molecule has 16 heteroatoms. The number of furan rings is 1. The summed E-state index contributed by atoms with van der Waals surface area (Å²) >= 11 is 1.26. The van der Waals surface area contributed by atoms with Gasteiger partial charge in [-0.15, -0.1) is 11.3 Å². The highest BCUT2D eigenvalue weighted by Gasteiger charge is 2.35. The van der Waals surface area contributed by atoms with Gasteiger partial charge in [-0.05, 0) is 168 Å². The number of thiazole rings is 1. The molecule has 2 aliphatic carbocycles. The molecule has 2 heterocycles. The summed E-state index contributed by atoms with van der Waals surface area (Å²) < 4.78 is 46.2. The standard InChI is InChI=1S/C58H59NO14S/c1-5-50(60)67-30-10-8-7-9-29-66-42-23-25-44(26-24-42)70-56(63)39-13-17-40(18-14-39)57(64)72-46-27-28-47(53-52(46)59-54(74-53)49-33-45-36(4)31-35(3)32-48(45)71-49)73-58(65)41-19-15-38(16-20-41)55(62)69-43-21-11-37(12-22-43)34-68-51(61)6-2/h5-6,11-12,21-28,31-33,38-41H,1-2,7-10,13-20,29-30,34H2,3-4H3. The maximum absolute atomic E-state index is 13.8. The van der Waals surface area contributed by atoms with Crippen molar-refractivity contribution in [2.45, 2.75) is 97.5 Å². The monoisotopic (exact) mass is 1030 g/mol. The Kier molecular flexibility index (Phi) is 17.7. The molecule has 0 atom stereocenters. The number of benzene rings is 4. The lowest BCUT2D eigenvalue weighted by Crippen LogP contribution is -2.30. The summed E-state index contributed by atoms with van der Waals surface area (Å²) in [5.74, 6) is -1.88. The summed E-state index contributed by atoms with van der Waals surface area (Å²) in [6.07, 6.45) is 9.16. The first-order chi connectivity index (χ1) is 35.8. The van der Waals surface area contributed by atoms with Crippen molar-refractivity contribution in [1.82, 2.24) is 4.98 Å². The second-order valence-corrected chi connectivity index (χ2v) is 19.7. The van der Waals surface area contributed by atoms with E-state index in [9.17, 15) is 28.8 Å². The van der Waals surface area contributed by atoms with Crippen molar-refractivity contribution >= 4 is 68.3 Å². The highest BCUT2D eigenvalue weighted by Crippen LogP contribution is 2.44. The normalized spacial score (nSPS) is 17.4. The number of ether oxygens (including phenoxy) is 7. The number of unbranched alkanes of at least 4 members (excludes halogenated alkanes) is 3. The zero-order valence-corrected chi connectivity index (χ0v) is 42.4. The molecule has 15 nitrogen and oxygen atoms in total. The highest BCUT2D eigenvalue weighted by molar-refractivity contribution is 7.22. The zero-order chi connectivity index (χ0) is 52.1. The van der Waals surface area contributed by atoms with Crippen molar-refractivity contribution in [1.29, 1.82) is 0 Å². The van der Waals surface area contributed by atoms with Crippen LogP contribution in [0.3, 0.4) is 0 Å². The molecule has 0 bridgehead atoms. The lowest BCUT2D eigenvalue weighted by molar-refractivity contribution is -0.145.